The molecule has 2 heterocycles. The van der Waals surface area contributed by atoms with Gasteiger partial charge in [-0.1, -0.05) is 41.9 Å². The average Bonchev–Trinajstić information content (AvgIpc) is 2.92. The Hall–Kier alpha value is -2.60. The first-order chi connectivity index (χ1) is 12.8. The quantitative estimate of drug-likeness (QED) is 0.818. The highest BCUT2D eigenvalue weighted by Crippen LogP contribution is 2.36. The summed E-state index contributed by atoms with van der Waals surface area (Å²) in [6.07, 6.45) is 3.92. The van der Waals surface area contributed by atoms with Gasteiger partial charge in [-0.15, -0.1) is 0 Å². The number of carboxylic acids is 1. The number of benzene rings is 1. The van der Waals surface area contributed by atoms with E-state index in [2.05, 4.69) is 5.10 Å². The lowest BCUT2D eigenvalue weighted by molar-refractivity contribution is -0.147. The van der Waals surface area contributed by atoms with Crippen molar-refractivity contribution in [3.63, 3.8) is 0 Å². The van der Waals surface area contributed by atoms with Crippen molar-refractivity contribution in [2.24, 2.45) is 7.05 Å². The van der Waals surface area contributed by atoms with Crippen LogP contribution in [0, 0.1) is 6.92 Å². The van der Waals surface area contributed by atoms with Crippen molar-refractivity contribution in [3.8, 4) is 0 Å². The lowest BCUT2D eigenvalue weighted by Crippen LogP contribution is -2.48. The lowest BCUT2D eigenvalue weighted by atomic mass is 9.73. The van der Waals surface area contributed by atoms with Crippen molar-refractivity contribution in [1.82, 2.24) is 14.7 Å². The summed E-state index contributed by atoms with van der Waals surface area (Å²) in [5.41, 5.74) is 1.32. The Balaban J connectivity index is 1.72. The molecule has 1 amide bonds. The molecule has 1 saturated heterocycles. The van der Waals surface area contributed by atoms with Crippen molar-refractivity contribution in [1.29, 1.82) is 0 Å². The number of hydrogen-bond donors (Lipinski definition) is 1. The second-order valence-corrected chi connectivity index (χ2v) is 7.18. The van der Waals surface area contributed by atoms with Crippen molar-refractivity contribution in [2.75, 3.05) is 13.1 Å². The van der Waals surface area contributed by atoms with Gasteiger partial charge in [0.05, 0.1) is 11.1 Å². The Morgan fingerprint density at radius 1 is 1.22 bits per heavy atom. The van der Waals surface area contributed by atoms with Crippen LogP contribution in [0.25, 0.3) is 6.08 Å². The maximum absolute atomic E-state index is 12.5. The van der Waals surface area contributed by atoms with Gasteiger partial charge in [0, 0.05) is 31.8 Å². The van der Waals surface area contributed by atoms with E-state index in [0.29, 0.717) is 36.6 Å². The molecule has 1 aromatic heterocycles. The van der Waals surface area contributed by atoms with Gasteiger partial charge in [-0.25, -0.2) is 0 Å². The molecule has 1 aliphatic rings. The summed E-state index contributed by atoms with van der Waals surface area (Å²) < 4.78 is 1.56. The average molecular weight is 388 g/mol. The summed E-state index contributed by atoms with van der Waals surface area (Å²) >= 11 is 6.18. The molecule has 2 aromatic rings. The summed E-state index contributed by atoms with van der Waals surface area (Å²) in [4.78, 5) is 26.2. The summed E-state index contributed by atoms with van der Waals surface area (Å²) in [5, 5.41) is 14.5. The van der Waals surface area contributed by atoms with Crippen LogP contribution < -0.4 is 0 Å². The monoisotopic (exact) mass is 387 g/mol. The second kappa shape index (κ2) is 7.56. The molecule has 0 radical (unpaired) electrons. The van der Waals surface area contributed by atoms with Crippen molar-refractivity contribution in [2.45, 2.75) is 25.2 Å². The second-order valence-electron chi connectivity index (χ2n) is 6.83. The van der Waals surface area contributed by atoms with Gasteiger partial charge in [0.25, 0.3) is 0 Å². The number of aliphatic carboxylic acids is 1. The topological polar surface area (TPSA) is 75.4 Å². The molecule has 142 valence electrons. The molecule has 1 fully saturated rings. The van der Waals surface area contributed by atoms with Gasteiger partial charge in [0.15, 0.2) is 0 Å². The molecule has 3 rings (SSSR count). The van der Waals surface area contributed by atoms with Crippen LogP contribution >= 0.6 is 11.6 Å². The highest BCUT2D eigenvalue weighted by molar-refractivity contribution is 6.31. The van der Waals surface area contributed by atoms with Crippen LogP contribution in [0.15, 0.2) is 36.4 Å². The number of aromatic nitrogens is 2. The van der Waals surface area contributed by atoms with Crippen molar-refractivity contribution >= 4 is 29.6 Å². The Morgan fingerprint density at radius 3 is 2.37 bits per heavy atom. The number of aryl methyl sites for hydroxylation is 2. The predicted molar refractivity (Wildman–Crippen MR) is 104 cm³/mol. The summed E-state index contributed by atoms with van der Waals surface area (Å²) in [6.45, 7) is 2.62. The third-order valence-electron chi connectivity index (χ3n) is 5.25. The van der Waals surface area contributed by atoms with Gasteiger partial charge >= 0.3 is 5.97 Å². The van der Waals surface area contributed by atoms with Crippen LogP contribution in [0.4, 0.5) is 0 Å². The van der Waals surface area contributed by atoms with E-state index in [4.69, 9.17) is 11.6 Å². The van der Waals surface area contributed by atoms with E-state index >= 15 is 0 Å². The van der Waals surface area contributed by atoms with E-state index in [-0.39, 0.29) is 5.91 Å². The smallest absolute Gasteiger partial charge is 0.314 e. The van der Waals surface area contributed by atoms with Crippen molar-refractivity contribution in [3.05, 3.63) is 58.4 Å². The highest BCUT2D eigenvalue weighted by Gasteiger charge is 2.43. The summed E-state index contributed by atoms with van der Waals surface area (Å²) in [5.74, 6) is -0.990. The first-order valence-electron chi connectivity index (χ1n) is 8.80. The molecule has 27 heavy (non-hydrogen) atoms. The van der Waals surface area contributed by atoms with Crippen LogP contribution in [0.5, 0.6) is 0 Å². The van der Waals surface area contributed by atoms with Gasteiger partial charge in [-0.2, -0.15) is 5.10 Å². The summed E-state index contributed by atoms with van der Waals surface area (Å²) in [7, 11) is 1.74. The first kappa shape index (κ1) is 19.2. The molecule has 0 unspecified atom stereocenters. The van der Waals surface area contributed by atoms with E-state index in [1.165, 1.54) is 6.08 Å². The molecule has 1 N–H and O–H groups in total. The molecule has 0 bridgehead atoms. The Labute approximate surface area is 163 Å². The molecule has 0 spiro atoms. The van der Waals surface area contributed by atoms with Gasteiger partial charge in [0.2, 0.25) is 5.91 Å². The zero-order valence-corrected chi connectivity index (χ0v) is 16.1. The number of nitrogens with zero attached hydrogens (tertiary/aromatic N) is 3. The Bertz CT molecular complexity index is 881. The minimum Gasteiger partial charge on any atom is -0.481 e. The normalized spacial score (nSPS) is 16.6. The molecule has 7 heteroatoms. The third kappa shape index (κ3) is 3.62. The van der Waals surface area contributed by atoms with Crippen LogP contribution in [-0.4, -0.2) is 44.8 Å². The number of likely N-dealkylation sites (tertiary alicyclic amines) is 1. The number of carbonyl (C=O) groups is 2. The van der Waals surface area contributed by atoms with Crippen LogP contribution in [0.2, 0.25) is 5.15 Å². The van der Waals surface area contributed by atoms with E-state index in [9.17, 15) is 14.7 Å². The fourth-order valence-corrected chi connectivity index (χ4v) is 3.83. The molecular formula is C20H22ClN3O3. The van der Waals surface area contributed by atoms with Crippen LogP contribution in [-0.2, 0) is 22.1 Å². The molecule has 6 nitrogen and oxygen atoms in total. The zero-order chi connectivity index (χ0) is 19.6. The first-order valence-corrected chi connectivity index (χ1v) is 9.18. The van der Waals surface area contributed by atoms with E-state index in [0.717, 1.165) is 11.3 Å². The lowest BCUT2D eigenvalue weighted by Gasteiger charge is -2.38. The number of piperidine rings is 1. The largest absolute Gasteiger partial charge is 0.481 e. The van der Waals surface area contributed by atoms with Gasteiger partial charge in [-0.05, 0) is 31.4 Å². The van der Waals surface area contributed by atoms with E-state index < -0.39 is 11.4 Å². The molecule has 0 aliphatic carbocycles. The number of hydrogen-bond acceptors (Lipinski definition) is 3. The van der Waals surface area contributed by atoms with E-state index in [1.54, 1.807) is 22.7 Å². The molecule has 1 aliphatic heterocycles. The SMILES string of the molecule is Cc1nn(C)c(Cl)c1/C=C/C(=O)N1CCC(C(=O)O)(c2ccccc2)CC1. The van der Waals surface area contributed by atoms with Gasteiger partial charge in [0.1, 0.15) is 5.15 Å². The molecular weight excluding hydrogens is 366 g/mol. The number of carboxylic acid groups (broad SMARTS) is 1. The number of amides is 1. The van der Waals surface area contributed by atoms with Crippen LogP contribution in [0.3, 0.4) is 0 Å². The Kier molecular flexibility index (Phi) is 5.37. The standard InChI is InChI=1S/C20H22ClN3O3/c1-14-16(18(21)23(2)22-14)8-9-17(25)24-12-10-20(11-13-24,19(26)27)15-6-4-3-5-7-15/h3-9H,10-13H2,1-2H3,(H,26,27)/b9-8+. The number of carbonyl (C=O) groups excluding carboxylic acids is 1. The highest BCUT2D eigenvalue weighted by atomic mass is 35.5. The van der Waals surface area contributed by atoms with Crippen molar-refractivity contribution < 1.29 is 14.7 Å². The zero-order valence-electron chi connectivity index (χ0n) is 15.4. The van der Waals surface area contributed by atoms with Gasteiger partial charge < -0.3 is 10.0 Å². The maximum atomic E-state index is 12.5. The molecule has 0 saturated carbocycles. The molecule has 1 aromatic carbocycles. The maximum Gasteiger partial charge on any atom is 0.314 e. The number of rotatable bonds is 4. The van der Waals surface area contributed by atoms with Gasteiger partial charge in [-0.3, -0.25) is 14.3 Å². The Morgan fingerprint density at radius 2 is 1.85 bits per heavy atom. The van der Waals surface area contributed by atoms with Crippen LogP contribution in [0.1, 0.15) is 29.7 Å². The van der Waals surface area contributed by atoms with E-state index in [1.807, 2.05) is 37.3 Å². The third-order valence-corrected chi connectivity index (χ3v) is 5.70. The minimum absolute atomic E-state index is 0.152. The fraction of sp³-hybridized carbons (Fsp3) is 0.350. The summed E-state index contributed by atoms with van der Waals surface area (Å²) in [6, 6.07) is 9.26. The fourth-order valence-electron chi connectivity index (χ4n) is 3.59. The minimum atomic E-state index is -0.939. The predicted octanol–water partition coefficient (Wildman–Crippen LogP) is 3.04. The molecule has 0 atom stereocenters. The number of halogens is 1.